The fourth-order valence-corrected chi connectivity index (χ4v) is 6.32. The van der Waals surface area contributed by atoms with Gasteiger partial charge >= 0.3 is 75.2 Å². The van der Waals surface area contributed by atoms with Crippen LogP contribution in [0.25, 0.3) is 0 Å². The summed E-state index contributed by atoms with van der Waals surface area (Å²) in [7, 11) is 0. The number of hydrogen-bond acceptors (Lipinski definition) is 7. The predicted molar refractivity (Wildman–Crippen MR) is 128 cm³/mol. The van der Waals surface area contributed by atoms with E-state index in [2.05, 4.69) is 10.6 Å². The van der Waals surface area contributed by atoms with Gasteiger partial charge in [0.25, 0.3) is 0 Å². The van der Waals surface area contributed by atoms with Gasteiger partial charge in [0.1, 0.15) is 23.5 Å². The molecule has 6 amide bonds. The number of β-lactam (4-membered cyclic amide) rings is 1. The Morgan fingerprint density at radius 3 is 2.38 bits per heavy atom. The van der Waals surface area contributed by atoms with Crippen LogP contribution in [0.5, 0.6) is 0 Å². The van der Waals surface area contributed by atoms with E-state index in [1.54, 1.807) is 51.1 Å². The summed E-state index contributed by atoms with van der Waals surface area (Å²) in [4.78, 5) is 78.8. The number of hydrogen-bond donors (Lipinski definition) is 3. The molecule has 3 aliphatic rings. The molecule has 1 aromatic rings. The van der Waals surface area contributed by atoms with Gasteiger partial charge in [-0.1, -0.05) is 30.3 Å². The van der Waals surface area contributed by atoms with Crippen LogP contribution < -0.4 is 62.0 Å². The zero-order valence-electron chi connectivity index (χ0n) is 22.0. The quantitative estimate of drug-likeness (QED) is 0.188. The monoisotopic (exact) mass is 557 g/mol. The van der Waals surface area contributed by atoms with E-state index in [1.165, 1.54) is 21.6 Å². The van der Waals surface area contributed by atoms with Crippen molar-refractivity contribution >= 4 is 47.4 Å². The van der Waals surface area contributed by atoms with E-state index in [4.69, 9.17) is 0 Å². The van der Waals surface area contributed by atoms with E-state index in [0.717, 1.165) is 4.90 Å². The number of amides is 6. The molecule has 0 aliphatic carbocycles. The van der Waals surface area contributed by atoms with Crippen LogP contribution in [0.4, 0.5) is 4.79 Å². The van der Waals surface area contributed by atoms with Gasteiger partial charge in [0, 0.05) is 24.4 Å². The first kappa shape index (κ1) is 29.6. The molecule has 3 saturated heterocycles. The van der Waals surface area contributed by atoms with Crippen LogP contribution in [0.3, 0.4) is 0 Å². The number of fused-ring (bicyclic) bond motifs is 1. The Morgan fingerprint density at radius 1 is 1.14 bits per heavy atom. The maximum absolute atomic E-state index is 13.3. The largest absolute Gasteiger partial charge is 1.00 e. The first-order chi connectivity index (χ1) is 17.0. The van der Waals surface area contributed by atoms with Gasteiger partial charge < -0.3 is 27.0 Å². The fraction of sp³-hybridized carbons (Fsp3) is 0.478. The molecule has 3 fully saturated rings. The Bertz CT molecular complexity index is 1140. The van der Waals surface area contributed by atoms with Crippen molar-refractivity contribution in [2.24, 2.45) is 0 Å². The van der Waals surface area contributed by atoms with Crippen LogP contribution in [0.1, 0.15) is 33.8 Å². The number of urea groups is 1. The molecule has 0 aromatic heterocycles. The van der Waals surface area contributed by atoms with Crippen molar-refractivity contribution in [1.82, 2.24) is 25.3 Å². The van der Waals surface area contributed by atoms with Gasteiger partial charge in [0.15, 0.2) is 0 Å². The Balaban J connectivity index is 0.00000253. The summed E-state index contributed by atoms with van der Waals surface area (Å²) in [5.74, 6) is -4.12. The van der Waals surface area contributed by atoms with Crippen molar-refractivity contribution < 1.29 is 86.7 Å². The van der Waals surface area contributed by atoms with E-state index < -0.39 is 63.9 Å². The second-order valence-corrected chi connectivity index (χ2v) is 11.0. The minimum atomic E-state index is -1.26. The number of imide groups is 1. The van der Waals surface area contributed by atoms with Gasteiger partial charge in [-0.2, -0.15) is 0 Å². The van der Waals surface area contributed by atoms with E-state index in [9.17, 15) is 33.9 Å². The third-order valence-electron chi connectivity index (χ3n) is 6.57. The molecule has 4 rings (SSSR count). The number of thioether (sulfide) groups is 1. The summed E-state index contributed by atoms with van der Waals surface area (Å²) in [6.45, 7) is 5.67. The van der Waals surface area contributed by atoms with Crippen LogP contribution in [0, 0.1) is 0 Å². The number of aliphatic carboxylic acids is 1. The summed E-state index contributed by atoms with van der Waals surface area (Å²) in [5.41, 5.74) is 0.403. The van der Waals surface area contributed by atoms with Gasteiger partial charge in [-0.3, -0.25) is 24.1 Å². The van der Waals surface area contributed by atoms with Crippen molar-refractivity contribution in [2.45, 2.75) is 49.0 Å². The average Bonchev–Trinajstić information content (AvgIpc) is 3.10. The van der Waals surface area contributed by atoms with Gasteiger partial charge in [0.2, 0.25) is 11.8 Å². The molecule has 0 spiro atoms. The number of piperazine rings is 1. The molecule has 3 aliphatic heterocycles. The number of likely N-dealkylation sites (N-methyl/N-ethyl adjacent to an activating group) is 1. The van der Waals surface area contributed by atoms with Crippen LogP contribution in [0.2, 0.25) is 0 Å². The van der Waals surface area contributed by atoms with E-state index >= 15 is 0 Å². The van der Waals surface area contributed by atoms with Crippen LogP contribution >= 0.6 is 11.8 Å². The summed E-state index contributed by atoms with van der Waals surface area (Å²) < 4.78 is -0.758. The third kappa shape index (κ3) is 5.45. The topological polar surface area (TPSA) is 156 Å². The summed E-state index contributed by atoms with van der Waals surface area (Å²) in [6, 6.07) is 4.11. The molecular weight excluding hydrogens is 529 g/mol. The van der Waals surface area contributed by atoms with Gasteiger partial charge in [-0.25, -0.2) is 9.59 Å². The van der Waals surface area contributed by atoms with Gasteiger partial charge in [-0.15, -0.1) is 11.8 Å². The second-order valence-electron chi connectivity index (χ2n) is 9.22. The summed E-state index contributed by atoms with van der Waals surface area (Å²) >= 11 is 1.28. The number of nitrogens with one attached hydrogen (secondary N) is 2. The van der Waals surface area contributed by atoms with E-state index in [1.807, 2.05) is 0 Å². The zero-order valence-corrected chi connectivity index (χ0v) is 24.9. The Kier molecular flexibility index (Phi) is 9.12. The molecule has 12 nitrogen and oxygen atoms in total. The van der Waals surface area contributed by atoms with Crippen LogP contribution in [-0.4, -0.2) is 97.3 Å². The molecule has 0 saturated carbocycles. The average molecular weight is 558 g/mol. The number of carbonyl (C=O) groups excluding carboxylic acids is 5. The molecule has 3 N–H and O–H groups in total. The molecule has 4 atom stereocenters. The number of carboxylic acid groups (broad SMARTS) is 1. The number of nitrogens with zero attached hydrogens (tertiary/aromatic N) is 3. The maximum Gasteiger partial charge on any atom is 1.00 e. The molecule has 0 bridgehead atoms. The number of carbonyl (C=O) groups is 6. The first-order valence-corrected chi connectivity index (χ1v) is 12.3. The van der Waals surface area contributed by atoms with Crippen molar-refractivity contribution in [2.75, 3.05) is 19.6 Å². The molecule has 1 aromatic carbocycles. The molecule has 1 unspecified atom stereocenters. The maximum atomic E-state index is 13.3. The smallest absolute Gasteiger partial charge is 1.00 e. The summed E-state index contributed by atoms with van der Waals surface area (Å²) in [5, 5.41) is 14.2. The van der Waals surface area contributed by atoms with Gasteiger partial charge in [-0.05, 0) is 26.3 Å². The van der Waals surface area contributed by atoms with Gasteiger partial charge in [0.05, 0.1) is 0 Å². The van der Waals surface area contributed by atoms with E-state index in [-0.39, 0.29) is 65.9 Å². The Hall–Kier alpha value is -1.97. The van der Waals surface area contributed by atoms with Crippen molar-refractivity contribution in [1.29, 1.82) is 0 Å². The molecule has 37 heavy (non-hydrogen) atoms. The standard InChI is InChI=1S/C23H27N5O7S.K.H/c1-4-26-10-11-27(19(32)18(26)31)22(35)25-13(12-8-6-5-7-9-12)16(29)24-14-17(30)28-15(21(33)34)23(2,3)36-20(14)28;;/h5-9,13-15,20H,4,10-11H2,1-3H3,(H,24,29)(H,25,35)(H,33,34);;/q;+1;-1/t13?,14-,15+,20-;;/m1../s1. The second kappa shape index (κ2) is 11.4. The number of rotatable bonds is 6. The SMILES string of the molecule is CCN1CCN(C(=O)NC(C(=O)N[C@@H]2C(=O)N3[C@@H]2SC(C)(C)[C@@H]3C(=O)O)c2ccccc2)C(=O)C1=O.[H-].[K+]. The molecule has 3 heterocycles. The van der Waals surface area contributed by atoms with E-state index in [0.29, 0.717) is 12.1 Å². The number of carboxylic acids is 1. The Morgan fingerprint density at radius 2 is 1.78 bits per heavy atom. The molecular formula is C23H28KN5O7S. The Labute approximate surface area is 261 Å². The third-order valence-corrected chi connectivity index (χ3v) is 8.14. The van der Waals surface area contributed by atoms with Crippen LogP contribution in [0.15, 0.2) is 30.3 Å². The fourth-order valence-electron chi connectivity index (χ4n) is 4.70. The first-order valence-electron chi connectivity index (χ1n) is 11.5. The van der Waals surface area contributed by atoms with Crippen molar-refractivity contribution in [3.05, 3.63) is 35.9 Å². The van der Waals surface area contributed by atoms with Crippen molar-refractivity contribution in [3.63, 3.8) is 0 Å². The van der Waals surface area contributed by atoms with Crippen LogP contribution in [-0.2, 0) is 24.0 Å². The zero-order chi connectivity index (χ0) is 26.4. The molecule has 0 radical (unpaired) electrons. The minimum absolute atomic E-state index is 0. The normalized spacial score (nSPS) is 25.0. The van der Waals surface area contributed by atoms with Crippen molar-refractivity contribution in [3.8, 4) is 0 Å². The molecule has 14 heteroatoms. The predicted octanol–water partition coefficient (Wildman–Crippen LogP) is -3.12. The minimum Gasteiger partial charge on any atom is -1.00 e. The number of benzene rings is 1. The molecule has 194 valence electrons. The summed E-state index contributed by atoms with van der Waals surface area (Å²) in [6.07, 6.45) is 0.